The van der Waals surface area contributed by atoms with Crippen LogP contribution >= 0.6 is 0 Å². The van der Waals surface area contributed by atoms with Gasteiger partial charge in [-0.25, -0.2) is 0 Å². The quantitative estimate of drug-likeness (QED) is 0.725. The monoisotopic (exact) mass is 319 g/mol. The molecule has 1 aliphatic carbocycles. The van der Waals surface area contributed by atoms with Gasteiger partial charge < -0.3 is 20.1 Å². The zero-order chi connectivity index (χ0) is 17.5. The molecule has 1 aromatic rings. The molecule has 7 nitrogen and oxygen atoms in total. The SMILES string of the molecule is [2H]OC(=O)[C@H](C)NC(=O)C1=C(O)c2cccn2C2(CCCC2)C1=O. The molecule has 2 heterocycles. The predicted octanol–water partition coefficient (Wildman–Crippen LogP) is 1.20. The lowest BCUT2D eigenvalue weighted by molar-refractivity contribution is -0.141. The maximum Gasteiger partial charge on any atom is 0.325 e. The van der Waals surface area contributed by atoms with Crippen molar-refractivity contribution in [3.63, 3.8) is 0 Å². The lowest BCUT2D eigenvalue weighted by Crippen LogP contribution is -2.49. The molecule has 0 radical (unpaired) electrons. The van der Waals surface area contributed by atoms with Crippen LogP contribution in [0.5, 0.6) is 0 Å². The molecule has 2 aliphatic rings. The van der Waals surface area contributed by atoms with Gasteiger partial charge in [0.1, 0.15) is 17.2 Å². The number of hydrogen-bond acceptors (Lipinski definition) is 5. The van der Waals surface area contributed by atoms with Crippen molar-refractivity contribution in [2.45, 2.75) is 44.2 Å². The Morgan fingerprint density at radius 1 is 1.43 bits per heavy atom. The summed E-state index contributed by atoms with van der Waals surface area (Å²) in [7, 11) is 0. The van der Waals surface area contributed by atoms with E-state index in [9.17, 15) is 19.5 Å². The molecule has 1 aliphatic heterocycles. The summed E-state index contributed by atoms with van der Waals surface area (Å²) in [6, 6.07) is 2.27. The van der Waals surface area contributed by atoms with E-state index in [1.54, 1.807) is 22.9 Å². The van der Waals surface area contributed by atoms with Gasteiger partial charge >= 0.3 is 5.97 Å². The second-order valence-corrected chi connectivity index (χ2v) is 6.07. The number of carbonyl (C=O) groups excluding carboxylic acids is 2. The Morgan fingerprint density at radius 3 is 2.78 bits per heavy atom. The summed E-state index contributed by atoms with van der Waals surface area (Å²) < 4.78 is 8.33. The van der Waals surface area contributed by atoms with Gasteiger partial charge in [0, 0.05) is 6.20 Å². The fourth-order valence-corrected chi connectivity index (χ4v) is 3.49. The molecule has 122 valence electrons. The van der Waals surface area contributed by atoms with Crippen LogP contribution in [0.4, 0.5) is 0 Å². The number of aliphatic hydroxyl groups excluding tert-OH is 1. The minimum atomic E-state index is -1.10. The van der Waals surface area contributed by atoms with Crippen LogP contribution in [0.2, 0.25) is 0 Å². The topological polar surface area (TPSA) is 109 Å². The zero-order valence-electron chi connectivity index (χ0n) is 13.7. The number of amides is 1. The first kappa shape index (κ1) is 14.0. The summed E-state index contributed by atoms with van der Waals surface area (Å²) in [6.07, 6.45) is 4.66. The Bertz CT molecular complexity index is 745. The number of aromatic nitrogens is 1. The van der Waals surface area contributed by atoms with E-state index in [2.05, 4.69) is 10.4 Å². The molecule has 1 saturated carbocycles. The fourth-order valence-electron chi connectivity index (χ4n) is 3.49. The van der Waals surface area contributed by atoms with Crippen molar-refractivity contribution in [3.05, 3.63) is 29.6 Å². The maximum absolute atomic E-state index is 13.0. The van der Waals surface area contributed by atoms with E-state index in [1.165, 1.54) is 6.92 Å². The zero-order valence-corrected chi connectivity index (χ0v) is 12.7. The number of carboxylic acids is 1. The molecule has 1 fully saturated rings. The standard InChI is InChI=1S/C16H18N2O5/c1-9(15(22)23)17-14(21)11-12(19)10-5-4-8-18(10)16(13(11)20)6-2-3-7-16/h4-5,8-9,19H,2-3,6-7H2,1H3,(H,17,21)(H,22,23)/t9-/m0/s1/i/hD. The van der Waals surface area contributed by atoms with Gasteiger partial charge in [-0.15, -0.1) is 0 Å². The number of ketones is 1. The molecule has 0 aromatic carbocycles. The summed E-state index contributed by atoms with van der Waals surface area (Å²) in [4.78, 5) is 36.8. The van der Waals surface area contributed by atoms with Crippen LogP contribution in [0.15, 0.2) is 23.9 Å². The molecule has 0 saturated heterocycles. The number of aliphatic hydroxyl groups is 1. The molecule has 3 N–H and O–H groups in total. The summed E-state index contributed by atoms with van der Waals surface area (Å²) >= 11 is 0. The van der Waals surface area contributed by atoms with E-state index >= 15 is 0 Å². The number of hydrogen-bond donors (Lipinski definition) is 3. The lowest BCUT2D eigenvalue weighted by Gasteiger charge is -2.35. The number of nitrogens with zero attached hydrogens (tertiary/aromatic N) is 1. The number of rotatable bonds is 3. The van der Waals surface area contributed by atoms with E-state index in [-0.39, 0.29) is 5.57 Å². The van der Waals surface area contributed by atoms with Gasteiger partial charge in [-0.05, 0) is 31.9 Å². The number of nitrogens with one attached hydrogen (secondary N) is 1. The third kappa shape index (κ3) is 2.15. The van der Waals surface area contributed by atoms with Gasteiger partial charge in [0.25, 0.3) is 7.34 Å². The molecule has 1 aromatic heterocycles. The Labute approximate surface area is 134 Å². The number of fused-ring (bicyclic) bond motifs is 2. The highest BCUT2D eigenvalue weighted by Crippen LogP contribution is 2.44. The van der Waals surface area contributed by atoms with E-state index < -0.39 is 35.0 Å². The van der Waals surface area contributed by atoms with Gasteiger partial charge in [0.15, 0.2) is 11.5 Å². The Kier molecular flexibility index (Phi) is 3.21. The van der Waals surface area contributed by atoms with Gasteiger partial charge in [0.05, 0.1) is 5.69 Å². The summed E-state index contributed by atoms with van der Waals surface area (Å²) in [5, 5.41) is 16.6. The van der Waals surface area contributed by atoms with E-state index in [0.29, 0.717) is 18.5 Å². The normalized spacial score (nSPS) is 20.9. The van der Waals surface area contributed by atoms with E-state index in [1.807, 2.05) is 0 Å². The number of carbonyl (C=O) groups is 3. The first-order valence-corrected chi connectivity index (χ1v) is 7.56. The first-order valence-electron chi connectivity index (χ1n) is 7.97. The molecular weight excluding hydrogens is 300 g/mol. The summed E-state index contributed by atoms with van der Waals surface area (Å²) in [5.41, 5.74) is -0.776. The van der Waals surface area contributed by atoms with Crippen molar-refractivity contribution in [2.75, 3.05) is 0 Å². The molecule has 0 bridgehead atoms. The van der Waals surface area contributed by atoms with Crippen LogP contribution < -0.4 is 5.32 Å². The second-order valence-electron chi connectivity index (χ2n) is 6.07. The highest BCUT2D eigenvalue weighted by Gasteiger charge is 2.50. The van der Waals surface area contributed by atoms with Gasteiger partial charge in [-0.3, -0.25) is 14.4 Å². The Morgan fingerprint density at radius 2 is 2.13 bits per heavy atom. The van der Waals surface area contributed by atoms with Crippen molar-refractivity contribution >= 4 is 23.4 Å². The third-order valence-electron chi connectivity index (χ3n) is 4.70. The van der Waals surface area contributed by atoms with Crippen molar-refractivity contribution in [1.82, 2.24) is 9.88 Å². The van der Waals surface area contributed by atoms with Crippen LogP contribution in [-0.2, 0) is 19.9 Å². The first-order chi connectivity index (χ1) is 11.4. The molecule has 1 amide bonds. The molecule has 3 rings (SSSR count). The molecule has 7 heteroatoms. The molecule has 1 atom stereocenters. The highest BCUT2D eigenvalue weighted by molar-refractivity contribution is 6.27. The average molecular weight is 319 g/mol. The number of carboxylic acid groups (broad SMARTS) is 1. The van der Waals surface area contributed by atoms with Crippen LogP contribution in [-0.4, -0.2) is 38.5 Å². The molecular formula is C16H18N2O5. The van der Waals surface area contributed by atoms with E-state index in [0.717, 1.165) is 12.8 Å². The lowest BCUT2D eigenvalue weighted by atomic mass is 9.82. The van der Waals surface area contributed by atoms with E-state index in [4.69, 9.17) is 1.43 Å². The second kappa shape index (κ2) is 5.26. The van der Waals surface area contributed by atoms with Crippen LogP contribution in [0.1, 0.15) is 38.3 Å². The van der Waals surface area contributed by atoms with Crippen molar-refractivity contribution in [3.8, 4) is 0 Å². The number of aliphatic carboxylic acids is 1. The minimum absolute atomic E-state index is 0.340. The molecule has 23 heavy (non-hydrogen) atoms. The largest absolute Gasteiger partial charge is 0.505 e. The van der Waals surface area contributed by atoms with Crippen LogP contribution in [0.25, 0.3) is 7.19 Å². The van der Waals surface area contributed by atoms with Crippen LogP contribution in [0, 0.1) is 0 Å². The molecule has 1 spiro atoms. The van der Waals surface area contributed by atoms with Crippen LogP contribution in [0.3, 0.4) is 0 Å². The minimum Gasteiger partial charge on any atom is -0.505 e. The summed E-state index contributed by atoms with van der Waals surface area (Å²) in [6.45, 7) is 1.34. The highest BCUT2D eigenvalue weighted by atomic mass is 16.4. The maximum atomic E-state index is 13.0. The molecule has 0 unspecified atom stereocenters. The van der Waals surface area contributed by atoms with Crippen molar-refractivity contribution in [1.29, 1.82) is 1.43 Å². The summed E-state index contributed by atoms with van der Waals surface area (Å²) in [5.74, 6) is -2.63. The Hall–Kier alpha value is -2.57. The average Bonchev–Trinajstić information content (AvgIpc) is 3.22. The predicted molar refractivity (Wildman–Crippen MR) is 80.7 cm³/mol. The van der Waals surface area contributed by atoms with Crippen molar-refractivity contribution < 1.29 is 24.6 Å². The van der Waals surface area contributed by atoms with Gasteiger partial charge in [0.2, 0.25) is 0 Å². The fraction of sp³-hybridized carbons (Fsp3) is 0.438. The van der Waals surface area contributed by atoms with Gasteiger partial charge in [-0.2, -0.15) is 0 Å². The van der Waals surface area contributed by atoms with Crippen molar-refractivity contribution in [2.24, 2.45) is 0 Å². The Balaban J connectivity index is 2.01. The van der Waals surface area contributed by atoms with Gasteiger partial charge in [-0.1, -0.05) is 12.8 Å². The third-order valence-corrected chi connectivity index (χ3v) is 4.70. The number of Topliss-reactive ketones (excluding diaryl/α,β-unsaturated/α-hetero) is 1. The smallest absolute Gasteiger partial charge is 0.325 e.